The molecule has 1 aromatic rings. The van der Waals surface area contributed by atoms with Crippen molar-refractivity contribution in [1.82, 2.24) is 15.5 Å². The molecule has 4 atom stereocenters. The van der Waals surface area contributed by atoms with E-state index < -0.39 is 0 Å². The third-order valence-corrected chi connectivity index (χ3v) is 6.10. The highest BCUT2D eigenvalue weighted by Gasteiger charge is 2.59. The number of thiophene rings is 1. The fourth-order valence-corrected chi connectivity index (χ4v) is 4.77. The first kappa shape index (κ1) is 16.7. The molecule has 1 saturated carbocycles. The molecule has 0 radical (unpaired) electrons. The van der Waals surface area contributed by atoms with Gasteiger partial charge in [0.2, 0.25) is 0 Å². The molecular weight excluding hydrogens is 310 g/mol. The molecule has 128 valence electrons. The van der Waals surface area contributed by atoms with Gasteiger partial charge in [-0.15, -0.1) is 0 Å². The zero-order chi connectivity index (χ0) is 16.6. The summed E-state index contributed by atoms with van der Waals surface area (Å²) < 4.78 is 5.78. The van der Waals surface area contributed by atoms with Gasteiger partial charge in [0.1, 0.15) is 0 Å². The van der Waals surface area contributed by atoms with Crippen LogP contribution in [0.3, 0.4) is 0 Å². The van der Waals surface area contributed by atoms with Gasteiger partial charge >= 0.3 is 6.03 Å². The smallest absolute Gasteiger partial charge is 0.315 e. The third kappa shape index (κ3) is 3.12. The topological polar surface area (TPSA) is 53.6 Å². The first-order chi connectivity index (χ1) is 10.9. The first-order valence-corrected chi connectivity index (χ1v) is 9.20. The van der Waals surface area contributed by atoms with Crippen molar-refractivity contribution >= 4 is 17.4 Å². The van der Waals surface area contributed by atoms with Gasteiger partial charge in [0.25, 0.3) is 0 Å². The Hall–Kier alpha value is -1.11. The summed E-state index contributed by atoms with van der Waals surface area (Å²) >= 11 is 1.68. The largest absolute Gasteiger partial charge is 0.377 e. The highest BCUT2D eigenvalue weighted by Crippen LogP contribution is 2.52. The van der Waals surface area contributed by atoms with Gasteiger partial charge in [-0.05, 0) is 42.9 Å². The van der Waals surface area contributed by atoms with Crippen molar-refractivity contribution < 1.29 is 9.53 Å². The molecule has 2 aliphatic rings. The van der Waals surface area contributed by atoms with Crippen LogP contribution in [0.4, 0.5) is 4.79 Å². The van der Waals surface area contributed by atoms with Crippen LogP contribution in [0.25, 0.3) is 0 Å². The number of urea groups is 1. The molecule has 0 bridgehead atoms. The number of hydrogen-bond donors (Lipinski definition) is 2. The molecule has 5 nitrogen and oxygen atoms in total. The second-order valence-corrected chi connectivity index (χ2v) is 8.21. The summed E-state index contributed by atoms with van der Waals surface area (Å²) in [6.45, 7) is 5.78. The Bertz CT molecular complexity index is 544. The molecule has 23 heavy (non-hydrogen) atoms. The van der Waals surface area contributed by atoms with Gasteiger partial charge in [-0.2, -0.15) is 11.3 Å². The van der Waals surface area contributed by atoms with Crippen LogP contribution < -0.4 is 10.6 Å². The van der Waals surface area contributed by atoms with Gasteiger partial charge in [0, 0.05) is 30.5 Å². The van der Waals surface area contributed by atoms with E-state index in [1.54, 1.807) is 11.3 Å². The van der Waals surface area contributed by atoms with Crippen molar-refractivity contribution in [1.29, 1.82) is 0 Å². The molecule has 0 spiro atoms. The maximum atomic E-state index is 12.3. The molecule has 0 aromatic carbocycles. The molecule has 2 N–H and O–H groups in total. The SMILES string of the molecule is CN(C)[C@H](CNC(=O)N[C@@H]1[C@H]2CCO[C@H]2C1(C)C)c1ccsc1. The minimum atomic E-state index is -0.0736. The number of hydrogen-bond acceptors (Lipinski definition) is 4. The number of amides is 2. The van der Waals surface area contributed by atoms with E-state index >= 15 is 0 Å². The summed E-state index contributed by atoms with van der Waals surface area (Å²) in [6.07, 6.45) is 1.35. The Balaban J connectivity index is 1.53. The van der Waals surface area contributed by atoms with Gasteiger partial charge in [0.05, 0.1) is 12.1 Å². The lowest BCUT2D eigenvalue weighted by Gasteiger charge is -2.54. The van der Waals surface area contributed by atoms with E-state index in [0.29, 0.717) is 18.6 Å². The maximum Gasteiger partial charge on any atom is 0.315 e. The molecule has 1 aliphatic heterocycles. The molecular formula is C17H27N3O2S. The fourth-order valence-electron chi connectivity index (χ4n) is 4.06. The van der Waals surface area contributed by atoms with Crippen molar-refractivity contribution in [3.63, 3.8) is 0 Å². The Kier molecular flexibility index (Phi) is 4.67. The number of carbonyl (C=O) groups excluding carboxylic acids is 1. The number of nitrogens with one attached hydrogen (secondary N) is 2. The van der Waals surface area contributed by atoms with Gasteiger partial charge in [-0.1, -0.05) is 13.8 Å². The molecule has 1 aliphatic carbocycles. The Labute approximate surface area is 142 Å². The maximum absolute atomic E-state index is 12.3. The number of ether oxygens (including phenoxy) is 1. The van der Waals surface area contributed by atoms with Gasteiger partial charge < -0.3 is 20.3 Å². The van der Waals surface area contributed by atoms with Crippen molar-refractivity contribution in [2.24, 2.45) is 11.3 Å². The summed E-state index contributed by atoms with van der Waals surface area (Å²) in [6, 6.07) is 2.44. The van der Waals surface area contributed by atoms with Gasteiger partial charge in [-0.3, -0.25) is 0 Å². The predicted octanol–water partition coefficient (Wildman–Crippen LogP) is 2.46. The molecule has 2 amide bonds. The van der Waals surface area contributed by atoms with E-state index in [2.05, 4.69) is 46.2 Å². The van der Waals surface area contributed by atoms with Crippen molar-refractivity contribution in [2.45, 2.75) is 38.5 Å². The fraction of sp³-hybridized carbons (Fsp3) is 0.706. The standard InChI is InChI=1S/C17H27N3O2S/c1-17(2)14(12-5-7-22-15(12)17)19-16(21)18-9-13(20(3)4)11-6-8-23-10-11/h6,8,10,12-15H,5,7,9H2,1-4H3,(H2,18,19,21)/t12-,13-,14-,15-/m1/s1. The van der Waals surface area contributed by atoms with E-state index in [-0.39, 0.29) is 23.5 Å². The van der Waals surface area contributed by atoms with Crippen LogP contribution in [0.2, 0.25) is 0 Å². The van der Waals surface area contributed by atoms with E-state index in [1.807, 2.05) is 14.1 Å². The number of carbonyl (C=O) groups is 1. The number of rotatable bonds is 5. The Morgan fingerprint density at radius 3 is 2.96 bits per heavy atom. The predicted molar refractivity (Wildman–Crippen MR) is 92.7 cm³/mol. The zero-order valence-corrected chi connectivity index (χ0v) is 15.2. The van der Waals surface area contributed by atoms with Crippen LogP contribution >= 0.6 is 11.3 Å². The van der Waals surface area contributed by atoms with Crippen molar-refractivity contribution in [3.8, 4) is 0 Å². The molecule has 0 unspecified atom stereocenters. The van der Waals surface area contributed by atoms with Crippen LogP contribution in [0.1, 0.15) is 31.9 Å². The lowest BCUT2D eigenvalue weighted by molar-refractivity contribution is -0.108. The Morgan fingerprint density at radius 1 is 1.52 bits per heavy atom. The van der Waals surface area contributed by atoms with Crippen molar-refractivity contribution in [2.75, 3.05) is 27.2 Å². The number of fused-ring (bicyclic) bond motifs is 1. The van der Waals surface area contributed by atoms with Crippen LogP contribution in [0, 0.1) is 11.3 Å². The average Bonchev–Trinajstić information content (AvgIpc) is 3.15. The highest BCUT2D eigenvalue weighted by molar-refractivity contribution is 7.07. The lowest BCUT2D eigenvalue weighted by Crippen LogP contribution is -2.67. The molecule has 3 rings (SSSR count). The first-order valence-electron chi connectivity index (χ1n) is 8.25. The molecule has 6 heteroatoms. The van der Waals surface area contributed by atoms with E-state index in [1.165, 1.54) is 5.56 Å². The van der Waals surface area contributed by atoms with E-state index in [4.69, 9.17) is 4.74 Å². The van der Waals surface area contributed by atoms with Crippen LogP contribution in [-0.2, 0) is 4.74 Å². The molecule has 1 aromatic heterocycles. The highest BCUT2D eigenvalue weighted by atomic mass is 32.1. The van der Waals surface area contributed by atoms with Crippen LogP contribution in [0.15, 0.2) is 16.8 Å². The van der Waals surface area contributed by atoms with Crippen LogP contribution in [-0.4, -0.2) is 50.3 Å². The summed E-state index contributed by atoms with van der Waals surface area (Å²) in [7, 11) is 4.08. The van der Waals surface area contributed by atoms with E-state index in [0.717, 1.165) is 13.0 Å². The third-order valence-electron chi connectivity index (χ3n) is 5.39. The number of likely N-dealkylation sites (N-methyl/N-ethyl adjacent to an activating group) is 1. The van der Waals surface area contributed by atoms with Gasteiger partial charge in [0.15, 0.2) is 0 Å². The second kappa shape index (κ2) is 6.42. The summed E-state index contributed by atoms with van der Waals surface area (Å²) in [4.78, 5) is 14.5. The second-order valence-electron chi connectivity index (χ2n) is 7.43. The normalized spacial score (nSPS) is 29.7. The minimum Gasteiger partial charge on any atom is -0.377 e. The quantitative estimate of drug-likeness (QED) is 0.868. The summed E-state index contributed by atoms with van der Waals surface area (Å²) in [5.41, 5.74) is 1.26. The number of nitrogens with zero attached hydrogens (tertiary/aromatic N) is 1. The average molecular weight is 337 g/mol. The molecule has 1 saturated heterocycles. The van der Waals surface area contributed by atoms with E-state index in [9.17, 15) is 4.79 Å². The van der Waals surface area contributed by atoms with Crippen LogP contribution in [0.5, 0.6) is 0 Å². The minimum absolute atomic E-state index is 0.0206. The van der Waals surface area contributed by atoms with Gasteiger partial charge in [-0.25, -0.2) is 4.79 Å². The molecule has 2 fully saturated rings. The molecule has 2 heterocycles. The lowest BCUT2D eigenvalue weighted by atomic mass is 9.57. The summed E-state index contributed by atoms with van der Waals surface area (Å²) in [5.74, 6) is 0.470. The summed E-state index contributed by atoms with van der Waals surface area (Å²) in [5, 5.41) is 10.4. The zero-order valence-electron chi connectivity index (χ0n) is 14.3. The Morgan fingerprint density at radius 2 is 2.30 bits per heavy atom. The van der Waals surface area contributed by atoms with Crippen molar-refractivity contribution in [3.05, 3.63) is 22.4 Å². The monoisotopic (exact) mass is 337 g/mol.